The monoisotopic (exact) mass is 425 g/mol. The zero-order chi connectivity index (χ0) is 14.6. The summed E-state index contributed by atoms with van der Waals surface area (Å²) >= 11 is 6.75. The van der Waals surface area contributed by atoms with Gasteiger partial charge in [0.1, 0.15) is 0 Å². The van der Waals surface area contributed by atoms with Gasteiger partial charge in [0.15, 0.2) is 0 Å². The second kappa shape index (κ2) is 6.71. The van der Waals surface area contributed by atoms with Crippen molar-refractivity contribution in [2.24, 2.45) is 5.41 Å². The maximum atomic E-state index is 12.4. The molecule has 1 amide bonds. The van der Waals surface area contributed by atoms with Gasteiger partial charge in [-0.15, -0.1) is 0 Å². The number of benzene rings is 1. The van der Waals surface area contributed by atoms with Crippen LogP contribution in [0, 0.1) is 5.41 Å². The molecule has 1 aromatic carbocycles. The van der Waals surface area contributed by atoms with Crippen molar-refractivity contribution in [3.63, 3.8) is 0 Å². The van der Waals surface area contributed by atoms with E-state index in [2.05, 4.69) is 37.2 Å². The molecular weight excluding hydrogens is 413 g/mol. The van der Waals surface area contributed by atoms with Gasteiger partial charge in [-0.3, -0.25) is 4.79 Å². The molecule has 1 heterocycles. The van der Waals surface area contributed by atoms with Gasteiger partial charge in [0, 0.05) is 21.8 Å². The van der Waals surface area contributed by atoms with E-state index in [0.717, 1.165) is 0 Å². The van der Waals surface area contributed by atoms with E-state index < -0.39 is 13.2 Å². The minimum Gasteiger partial charge on any atom is -0.316 e. The smallest absolute Gasteiger partial charge is 0.316 e. The highest BCUT2D eigenvalue weighted by molar-refractivity contribution is 9.09. The molecule has 0 bridgehead atoms. The van der Waals surface area contributed by atoms with E-state index >= 15 is 0 Å². The van der Waals surface area contributed by atoms with Gasteiger partial charge >= 0.3 is 13.2 Å². The van der Waals surface area contributed by atoms with Crippen LogP contribution >= 0.6 is 39.5 Å². The van der Waals surface area contributed by atoms with Gasteiger partial charge in [0.25, 0.3) is 0 Å². The Kier molecular flexibility index (Phi) is 5.42. The third-order valence-electron chi connectivity index (χ3n) is 2.92. The fraction of sp³-hybridized carbons (Fsp3) is 0.417. The fourth-order valence-corrected chi connectivity index (χ4v) is 4.58. The summed E-state index contributed by atoms with van der Waals surface area (Å²) in [6, 6.07) is 8.78. The van der Waals surface area contributed by atoms with Gasteiger partial charge in [-0.2, -0.15) is 0 Å². The summed E-state index contributed by atoms with van der Waals surface area (Å²) < 4.78 is 22.9. The molecule has 1 N–H and O–H groups in total. The average molecular weight is 427 g/mol. The quantitative estimate of drug-likeness (QED) is 0.577. The van der Waals surface area contributed by atoms with Gasteiger partial charge in [-0.25, -0.2) is 4.57 Å². The molecule has 0 aliphatic carbocycles. The largest absolute Gasteiger partial charge is 0.418 e. The summed E-state index contributed by atoms with van der Waals surface area (Å²) in [6.07, 6.45) is 0. The van der Waals surface area contributed by atoms with Crippen LogP contribution in [0.25, 0.3) is 0 Å². The van der Waals surface area contributed by atoms with E-state index in [0.29, 0.717) is 16.3 Å². The number of alkyl halides is 2. The highest BCUT2D eigenvalue weighted by atomic mass is 79.9. The number of anilines is 1. The predicted molar refractivity (Wildman–Crippen MR) is 85.0 cm³/mol. The van der Waals surface area contributed by atoms with Crippen LogP contribution < -0.4 is 5.32 Å². The Hall–Kier alpha value is -0.200. The van der Waals surface area contributed by atoms with Crippen molar-refractivity contribution in [3.8, 4) is 0 Å². The fourth-order valence-electron chi connectivity index (χ4n) is 1.54. The summed E-state index contributed by atoms with van der Waals surface area (Å²) in [4.78, 5) is 12.0. The standard InChI is InChI=1S/C12H14Br2NO4P/c13-6-12(7-14)8-18-20(17,19-9-12)11(16)15-10-4-2-1-3-5-10/h1-5H,6-9H2,(H,15,16). The first-order chi connectivity index (χ1) is 9.53. The molecule has 2 rings (SSSR count). The van der Waals surface area contributed by atoms with Crippen LogP contribution in [0.5, 0.6) is 0 Å². The Balaban J connectivity index is 2.03. The lowest BCUT2D eigenvalue weighted by atomic mass is 9.96. The third kappa shape index (κ3) is 3.52. The molecule has 5 nitrogen and oxygen atoms in total. The van der Waals surface area contributed by atoms with Gasteiger partial charge in [-0.05, 0) is 12.1 Å². The lowest BCUT2D eigenvalue weighted by molar-refractivity contribution is 0.0528. The van der Waals surface area contributed by atoms with Crippen LogP contribution in [0.3, 0.4) is 0 Å². The van der Waals surface area contributed by atoms with Gasteiger partial charge < -0.3 is 14.4 Å². The van der Waals surface area contributed by atoms with E-state index in [-0.39, 0.29) is 18.6 Å². The Labute approximate surface area is 134 Å². The van der Waals surface area contributed by atoms with E-state index in [1.165, 1.54) is 0 Å². The third-order valence-corrected chi connectivity index (χ3v) is 6.85. The van der Waals surface area contributed by atoms with Crippen molar-refractivity contribution < 1.29 is 18.4 Å². The van der Waals surface area contributed by atoms with Crippen molar-refractivity contribution in [1.29, 1.82) is 0 Å². The lowest BCUT2D eigenvalue weighted by Crippen LogP contribution is -2.40. The second-order valence-corrected chi connectivity index (χ2v) is 7.65. The SMILES string of the molecule is O=C(Nc1ccccc1)P1(=O)OCC(CBr)(CBr)CO1. The summed E-state index contributed by atoms with van der Waals surface area (Å²) in [5.74, 6) is 0. The first-order valence-electron chi connectivity index (χ1n) is 5.91. The second-order valence-electron chi connectivity index (χ2n) is 4.61. The van der Waals surface area contributed by atoms with Gasteiger partial charge in [0.2, 0.25) is 0 Å². The Morgan fingerprint density at radius 1 is 1.20 bits per heavy atom. The van der Waals surface area contributed by atoms with Crippen LogP contribution in [0.2, 0.25) is 0 Å². The molecule has 0 radical (unpaired) electrons. The molecule has 1 aliphatic rings. The van der Waals surface area contributed by atoms with Crippen molar-refractivity contribution >= 4 is 50.8 Å². The zero-order valence-corrected chi connectivity index (χ0v) is 14.6. The van der Waals surface area contributed by atoms with E-state index in [4.69, 9.17) is 9.05 Å². The lowest BCUT2D eigenvalue weighted by Gasteiger charge is -2.36. The summed E-state index contributed by atoms with van der Waals surface area (Å²) in [5.41, 5.74) is -0.486. The summed E-state index contributed by atoms with van der Waals surface area (Å²) in [6.45, 7) is 0.395. The first kappa shape index (κ1) is 16.2. The Bertz CT molecular complexity index is 507. The topological polar surface area (TPSA) is 64.6 Å². The molecular formula is C12H14Br2NO4P. The highest BCUT2D eigenvalue weighted by Gasteiger charge is 2.45. The molecule has 8 heteroatoms. The van der Waals surface area contributed by atoms with Crippen molar-refractivity contribution in [2.45, 2.75) is 0 Å². The molecule has 1 aliphatic heterocycles. The van der Waals surface area contributed by atoms with Crippen LogP contribution in [-0.4, -0.2) is 29.5 Å². The maximum Gasteiger partial charge on any atom is 0.418 e. The van der Waals surface area contributed by atoms with Crippen molar-refractivity contribution in [1.82, 2.24) is 0 Å². The Morgan fingerprint density at radius 2 is 1.75 bits per heavy atom. The summed E-state index contributed by atoms with van der Waals surface area (Å²) in [7, 11) is -3.77. The van der Waals surface area contributed by atoms with Crippen LogP contribution in [-0.2, 0) is 13.6 Å². The number of halogens is 2. The first-order valence-corrected chi connectivity index (χ1v) is 9.70. The number of hydrogen-bond acceptors (Lipinski definition) is 4. The van der Waals surface area contributed by atoms with Gasteiger partial charge in [-0.1, -0.05) is 50.1 Å². The number of amides is 1. The molecule has 1 fully saturated rings. The normalized spacial score (nSPS) is 20.3. The average Bonchev–Trinajstić information content (AvgIpc) is 2.49. The van der Waals surface area contributed by atoms with Crippen LogP contribution in [0.4, 0.5) is 10.5 Å². The number of nitrogens with one attached hydrogen (secondary N) is 1. The van der Waals surface area contributed by atoms with Crippen LogP contribution in [0.1, 0.15) is 0 Å². The molecule has 0 saturated carbocycles. The number of rotatable bonds is 4. The van der Waals surface area contributed by atoms with E-state index in [1.54, 1.807) is 24.3 Å². The minimum absolute atomic E-state index is 0.197. The molecule has 0 aromatic heterocycles. The maximum absolute atomic E-state index is 12.4. The molecule has 0 atom stereocenters. The molecule has 1 aromatic rings. The molecule has 20 heavy (non-hydrogen) atoms. The summed E-state index contributed by atoms with van der Waals surface area (Å²) in [5, 5.41) is 3.80. The predicted octanol–water partition coefficient (Wildman–Crippen LogP) is 4.23. The number of carbonyl (C=O) groups excluding carboxylic acids is 1. The van der Waals surface area contributed by atoms with Crippen molar-refractivity contribution in [3.05, 3.63) is 30.3 Å². The van der Waals surface area contributed by atoms with Gasteiger partial charge in [0.05, 0.1) is 13.2 Å². The zero-order valence-electron chi connectivity index (χ0n) is 10.6. The molecule has 0 unspecified atom stereocenters. The Morgan fingerprint density at radius 3 is 2.25 bits per heavy atom. The minimum atomic E-state index is -3.77. The molecule has 110 valence electrons. The van der Waals surface area contributed by atoms with Crippen molar-refractivity contribution in [2.75, 3.05) is 29.2 Å². The van der Waals surface area contributed by atoms with E-state index in [9.17, 15) is 9.36 Å². The molecule has 0 spiro atoms. The number of para-hydroxylation sites is 1. The highest BCUT2D eigenvalue weighted by Crippen LogP contribution is 2.55. The van der Waals surface area contributed by atoms with Crippen LogP contribution in [0.15, 0.2) is 30.3 Å². The van der Waals surface area contributed by atoms with E-state index in [1.807, 2.05) is 6.07 Å². The number of carbonyl (C=O) groups is 1. The number of hydrogen-bond donors (Lipinski definition) is 1. The molecule has 1 saturated heterocycles.